The molecule has 4 rings (SSSR count). The van der Waals surface area contributed by atoms with Gasteiger partial charge in [0, 0.05) is 16.6 Å². The zero-order chi connectivity index (χ0) is 19.0. The Morgan fingerprint density at radius 2 is 1.96 bits per heavy atom. The van der Waals surface area contributed by atoms with Crippen molar-refractivity contribution in [1.82, 2.24) is 14.9 Å². The molecule has 1 aromatic carbocycles. The lowest BCUT2D eigenvalue weighted by atomic mass is 10.2. The quantitative estimate of drug-likeness (QED) is 0.657. The molecule has 9 heteroatoms. The second kappa shape index (κ2) is 7.60. The van der Waals surface area contributed by atoms with Crippen LogP contribution < -0.4 is 0 Å². The summed E-state index contributed by atoms with van der Waals surface area (Å²) in [6.45, 7) is 0. The molecule has 1 saturated carbocycles. The number of hydrogen-bond donors (Lipinski definition) is 1. The molecule has 27 heavy (non-hydrogen) atoms. The zero-order valence-electron chi connectivity index (χ0n) is 14.6. The molecule has 1 N–H and O–H groups in total. The van der Waals surface area contributed by atoms with Crippen LogP contribution in [0.25, 0.3) is 11.3 Å². The van der Waals surface area contributed by atoms with Crippen molar-refractivity contribution < 1.29 is 13.2 Å². The van der Waals surface area contributed by atoms with Crippen LogP contribution in [0.15, 0.2) is 40.1 Å². The van der Waals surface area contributed by atoms with Gasteiger partial charge in [-0.05, 0) is 37.0 Å². The summed E-state index contributed by atoms with van der Waals surface area (Å²) in [7, 11) is -3.00. The van der Waals surface area contributed by atoms with Gasteiger partial charge in [0.15, 0.2) is 15.0 Å². The van der Waals surface area contributed by atoms with Gasteiger partial charge in [0.05, 0.1) is 29.1 Å². The first-order valence-corrected chi connectivity index (χ1v) is 12.5. The Hall–Kier alpha value is -1.32. The predicted octanol–water partition coefficient (Wildman–Crippen LogP) is 3.11. The number of rotatable bonds is 6. The standard InChI is InChI=1S/C18H20BrN3O3S2/c19-13-3-1-12(2-4-13)16-9-20-18(21-16)26-10-17(23)22(14-5-6-14)15-7-8-27(24,25)11-15/h1-4,9,14-15H,5-8,10-11H2,(H,20,21)/t15-/m1/s1. The van der Waals surface area contributed by atoms with Crippen molar-refractivity contribution in [3.05, 3.63) is 34.9 Å². The summed E-state index contributed by atoms with van der Waals surface area (Å²) >= 11 is 4.78. The molecule has 144 valence electrons. The Kier molecular flexibility index (Phi) is 5.35. The van der Waals surface area contributed by atoms with E-state index in [0.717, 1.165) is 28.6 Å². The van der Waals surface area contributed by atoms with E-state index >= 15 is 0 Å². The number of aromatic amines is 1. The molecule has 0 radical (unpaired) electrons. The van der Waals surface area contributed by atoms with Crippen molar-refractivity contribution in [3.63, 3.8) is 0 Å². The summed E-state index contributed by atoms with van der Waals surface area (Å²) in [6, 6.07) is 7.97. The number of carbonyl (C=O) groups excluding carboxylic acids is 1. The molecule has 0 bridgehead atoms. The topological polar surface area (TPSA) is 83.1 Å². The van der Waals surface area contributed by atoms with Crippen molar-refractivity contribution >= 4 is 43.4 Å². The third-order valence-corrected chi connectivity index (χ3v) is 8.02. The van der Waals surface area contributed by atoms with Gasteiger partial charge in [-0.25, -0.2) is 13.4 Å². The average molecular weight is 470 g/mol. The molecule has 1 aliphatic heterocycles. The van der Waals surface area contributed by atoms with Gasteiger partial charge in [0.1, 0.15) is 0 Å². The fourth-order valence-corrected chi connectivity index (χ4v) is 6.10. The Labute approximate surface area is 171 Å². The van der Waals surface area contributed by atoms with E-state index in [2.05, 4.69) is 25.9 Å². The molecule has 2 heterocycles. The fraction of sp³-hybridized carbons (Fsp3) is 0.444. The lowest BCUT2D eigenvalue weighted by Gasteiger charge is -2.28. The highest BCUT2D eigenvalue weighted by Gasteiger charge is 2.41. The third-order valence-electron chi connectivity index (χ3n) is 4.87. The molecule has 2 aliphatic rings. The number of aromatic nitrogens is 2. The molecular formula is C18H20BrN3O3S2. The second-order valence-corrected chi connectivity index (χ2v) is 11.1. The zero-order valence-corrected chi connectivity index (χ0v) is 17.8. The maximum atomic E-state index is 12.8. The van der Waals surface area contributed by atoms with Crippen LogP contribution in [0.4, 0.5) is 0 Å². The average Bonchev–Trinajstić information content (AvgIpc) is 3.22. The minimum Gasteiger partial charge on any atom is -0.335 e. The number of sulfone groups is 1. The van der Waals surface area contributed by atoms with Gasteiger partial charge in [0.2, 0.25) is 5.91 Å². The van der Waals surface area contributed by atoms with E-state index in [4.69, 9.17) is 0 Å². The van der Waals surface area contributed by atoms with Crippen LogP contribution in [0.3, 0.4) is 0 Å². The van der Waals surface area contributed by atoms with Crippen LogP contribution in [-0.2, 0) is 14.6 Å². The van der Waals surface area contributed by atoms with Gasteiger partial charge >= 0.3 is 0 Å². The molecule has 6 nitrogen and oxygen atoms in total. The SMILES string of the molecule is O=C(CSc1ncc(-c2ccc(Br)cc2)[nH]1)N(C1CC1)[C@@H]1CCS(=O)(=O)C1. The number of halogens is 1. The second-order valence-electron chi connectivity index (χ2n) is 6.99. The van der Waals surface area contributed by atoms with Gasteiger partial charge in [-0.1, -0.05) is 39.8 Å². The molecule has 2 aromatic rings. The number of benzene rings is 1. The fourth-order valence-electron chi connectivity index (χ4n) is 3.41. The van der Waals surface area contributed by atoms with Crippen LogP contribution in [0, 0.1) is 0 Å². The number of carbonyl (C=O) groups is 1. The minimum atomic E-state index is -3.00. The first-order valence-electron chi connectivity index (χ1n) is 8.86. The Morgan fingerprint density at radius 3 is 2.59 bits per heavy atom. The van der Waals surface area contributed by atoms with Crippen LogP contribution in [0.2, 0.25) is 0 Å². The van der Waals surface area contributed by atoms with E-state index in [1.807, 2.05) is 29.2 Å². The van der Waals surface area contributed by atoms with Gasteiger partial charge in [-0.2, -0.15) is 0 Å². The highest BCUT2D eigenvalue weighted by Crippen LogP contribution is 2.33. The Bertz CT molecular complexity index is 939. The highest BCUT2D eigenvalue weighted by atomic mass is 79.9. The first kappa shape index (κ1) is 19.0. The molecule has 1 aliphatic carbocycles. The van der Waals surface area contributed by atoms with Gasteiger partial charge in [-0.15, -0.1) is 0 Å². The van der Waals surface area contributed by atoms with Gasteiger partial charge < -0.3 is 9.88 Å². The van der Waals surface area contributed by atoms with Crippen LogP contribution in [-0.4, -0.2) is 58.5 Å². The third kappa shape index (κ3) is 4.57. The summed E-state index contributed by atoms with van der Waals surface area (Å²) < 4.78 is 24.6. The largest absolute Gasteiger partial charge is 0.335 e. The number of hydrogen-bond acceptors (Lipinski definition) is 5. The normalized spacial score (nSPS) is 21.3. The highest BCUT2D eigenvalue weighted by molar-refractivity contribution is 9.10. The predicted molar refractivity (Wildman–Crippen MR) is 109 cm³/mol. The number of amides is 1. The van der Waals surface area contributed by atoms with Crippen molar-refractivity contribution in [2.75, 3.05) is 17.3 Å². The Balaban J connectivity index is 1.39. The summed E-state index contributed by atoms with van der Waals surface area (Å²) in [4.78, 5) is 22.2. The van der Waals surface area contributed by atoms with E-state index in [1.54, 1.807) is 6.20 Å². The van der Waals surface area contributed by atoms with Crippen LogP contribution in [0.5, 0.6) is 0 Å². The number of imidazole rings is 1. The molecule has 1 aromatic heterocycles. The molecule has 1 amide bonds. The van der Waals surface area contributed by atoms with E-state index in [1.165, 1.54) is 11.8 Å². The maximum absolute atomic E-state index is 12.8. The number of nitrogens with one attached hydrogen (secondary N) is 1. The summed E-state index contributed by atoms with van der Waals surface area (Å²) in [6.07, 6.45) is 4.27. The minimum absolute atomic E-state index is 0.00573. The number of nitrogens with zero attached hydrogens (tertiary/aromatic N) is 2. The van der Waals surface area contributed by atoms with Crippen molar-refractivity contribution in [3.8, 4) is 11.3 Å². The number of thioether (sulfide) groups is 1. The molecule has 0 spiro atoms. The van der Waals surface area contributed by atoms with Crippen molar-refractivity contribution in [2.24, 2.45) is 0 Å². The van der Waals surface area contributed by atoms with Gasteiger partial charge in [-0.3, -0.25) is 4.79 Å². The smallest absolute Gasteiger partial charge is 0.233 e. The lowest BCUT2D eigenvalue weighted by molar-refractivity contribution is -0.130. The van der Waals surface area contributed by atoms with E-state index in [-0.39, 0.29) is 35.2 Å². The molecule has 1 saturated heterocycles. The molecular weight excluding hydrogens is 450 g/mol. The maximum Gasteiger partial charge on any atom is 0.233 e. The van der Waals surface area contributed by atoms with Crippen molar-refractivity contribution in [1.29, 1.82) is 0 Å². The monoisotopic (exact) mass is 469 g/mol. The van der Waals surface area contributed by atoms with E-state index in [9.17, 15) is 13.2 Å². The van der Waals surface area contributed by atoms with Crippen molar-refractivity contribution in [2.45, 2.75) is 36.5 Å². The summed E-state index contributed by atoms with van der Waals surface area (Å²) in [5, 5.41) is 0.691. The summed E-state index contributed by atoms with van der Waals surface area (Å²) in [5.74, 6) is 0.566. The molecule has 1 atom stereocenters. The van der Waals surface area contributed by atoms with E-state index in [0.29, 0.717) is 11.6 Å². The van der Waals surface area contributed by atoms with Crippen LogP contribution in [0.1, 0.15) is 19.3 Å². The van der Waals surface area contributed by atoms with Gasteiger partial charge in [0.25, 0.3) is 0 Å². The Morgan fingerprint density at radius 1 is 1.22 bits per heavy atom. The lowest BCUT2D eigenvalue weighted by Crippen LogP contribution is -2.43. The molecule has 2 fully saturated rings. The summed E-state index contributed by atoms with van der Waals surface area (Å²) in [5.41, 5.74) is 1.93. The number of H-pyrrole nitrogens is 1. The molecule has 0 unspecified atom stereocenters. The first-order chi connectivity index (χ1) is 12.9. The van der Waals surface area contributed by atoms with E-state index < -0.39 is 9.84 Å². The van der Waals surface area contributed by atoms with Crippen LogP contribution >= 0.6 is 27.7 Å².